The molecule has 1 heterocycles. The SMILES string of the molecule is CC(C)(C)OC(=O)N1C(=O)CC1O. The minimum atomic E-state index is -1.01. The summed E-state index contributed by atoms with van der Waals surface area (Å²) in [5.74, 6) is -0.401. The summed E-state index contributed by atoms with van der Waals surface area (Å²) in [7, 11) is 0. The number of rotatable bonds is 0. The number of carbonyl (C=O) groups excluding carboxylic acids is 2. The summed E-state index contributed by atoms with van der Waals surface area (Å²) in [5.41, 5.74) is -0.646. The summed E-state index contributed by atoms with van der Waals surface area (Å²) in [6, 6.07) is 0. The van der Waals surface area contributed by atoms with Gasteiger partial charge in [0.25, 0.3) is 0 Å². The Morgan fingerprint density at radius 3 is 2.46 bits per heavy atom. The molecule has 1 saturated heterocycles. The first-order chi connectivity index (χ1) is 5.81. The first-order valence-electron chi connectivity index (χ1n) is 4.04. The van der Waals surface area contributed by atoms with Gasteiger partial charge in [0.15, 0.2) is 0 Å². The maximum atomic E-state index is 11.2. The number of aliphatic hydroxyl groups is 1. The zero-order valence-corrected chi connectivity index (χ0v) is 7.90. The van der Waals surface area contributed by atoms with Gasteiger partial charge in [-0.05, 0) is 20.8 Å². The van der Waals surface area contributed by atoms with Crippen molar-refractivity contribution in [2.75, 3.05) is 0 Å². The second-order valence-electron chi connectivity index (χ2n) is 3.93. The average molecular weight is 187 g/mol. The van der Waals surface area contributed by atoms with Crippen LogP contribution in [0.5, 0.6) is 0 Å². The summed E-state index contributed by atoms with van der Waals surface area (Å²) < 4.78 is 4.89. The van der Waals surface area contributed by atoms with E-state index in [4.69, 9.17) is 9.84 Å². The lowest BCUT2D eigenvalue weighted by atomic mass is 10.2. The van der Waals surface area contributed by atoms with Crippen molar-refractivity contribution in [1.82, 2.24) is 4.90 Å². The lowest BCUT2D eigenvalue weighted by Crippen LogP contribution is -2.56. The van der Waals surface area contributed by atoms with Crippen LogP contribution in [0.2, 0.25) is 0 Å². The van der Waals surface area contributed by atoms with E-state index in [9.17, 15) is 9.59 Å². The van der Waals surface area contributed by atoms with E-state index < -0.39 is 23.8 Å². The number of ether oxygens (including phenoxy) is 1. The quantitative estimate of drug-likeness (QED) is 0.560. The van der Waals surface area contributed by atoms with Crippen molar-refractivity contribution in [3.63, 3.8) is 0 Å². The molecule has 0 saturated carbocycles. The zero-order valence-electron chi connectivity index (χ0n) is 7.90. The van der Waals surface area contributed by atoms with Gasteiger partial charge in [0.1, 0.15) is 11.8 Å². The van der Waals surface area contributed by atoms with Crippen molar-refractivity contribution >= 4 is 12.0 Å². The van der Waals surface area contributed by atoms with Gasteiger partial charge in [0, 0.05) is 0 Å². The Morgan fingerprint density at radius 1 is 1.62 bits per heavy atom. The number of hydrogen-bond acceptors (Lipinski definition) is 4. The largest absolute Gasteiger partial charge is 0.443 e. The van der Waals surface area contributed by atoms with Gasteiger partial charge in [-0.3, -0.25) is 4.79 Å². The van der Waals surface area contributed by atoms with Gasteiger partial charge in [-0.25, -0.2) is 9.69 Å². The highest BCUT2D eigenvalue weighted by molar-refractivity contribution is 5.97. The number of aliphatic hydroxyl groups excluding tert-OH is 1. The molecule has 0 aliphatic carbocycles. The van der Waals surface area contributed by atoms with Crippen LogP contribution >= 0.6 is 0 Å². The van der Waals surface area contributed by atoms with Crippen LogP contribution in [0.15, 0.2) is 0 Å². The van der Waals surface area contributed by atoms with Crippen LogP contribution in [0.25, 0.3) is 0 Å². The maximum Gasteiger partial charge on any atom is 0.419 e. The van der Waals surface area contributed by atoms with E-state index in [0.717, 1.165) is 0 Å². The third-order valence-corrected chi connectivity index (χ3v) is 1.51. The molecule has 0 aromatic heterocycles. The van der Waals surface area contributed by atoms with Gasteiger partial charge in [-0.15, -0.1) is 0 Å². The minimum Gasteiger partial charge on any atom is -0.443 e. The second kappa shape index (κ2) is 2.99. The fourth-order valence-corrected chi connectivity index (χ4v) is 0.934. The molecular formula is C8H13NO4. The molecule has 1 fully saturated rings. The van der Waals surface area contributed by atoms with E-state index in [2.05, 4.69) is 0 Å². The van der Waals surface area contributed by atoms with Crippen LogP contribution in [-0.2, 0) is 9.53 Å². The lowest BCUT2D eigenvalue weighted by Gasteiger charge is -2.35. The van der Waals surface area contributed by atoms with Crippen molar-refractivity contribution < 1.29 is 19.4 Å². The summed E-state index contributed by atoms with van der Waals surface area (Å²) >= 11 is 0. The molecule has 13 heavy (non-hydrogen) atoms. The Balaban J connectivity index is 2.54. The molecule has 0 bridgehead atoms. The monoisotopic (exact) mass is 187 g/mol. The molecule has 1 N–H and O–H groups in total. The number of likely N-dealkylation sites (tertiary alicyclic amines) is 1. The molecule has 2 amide bonds. The van der Waals surface area contributed by atoms with Crippen molar-refractivity contribution in [2.24, 2.45) is 0 Å². The highest BCUT2D eigenvalue weighted by Gasteiger charge is 2.41. The van der Waals surface area contributed by atoms with Gasteiger partial charge in [0.2, 0.25) is 5.91 Å². The number of carbonyl (C=O) groups is 2. The van der Waals surface area contributed by atoms with Crippen molar-refractivity contribution in [2.45, 2.75) is 39.0 Å². The third kappa shape index (κ3) is 2.18. The smallest absolute Gasteiger partial charge is 0.419 e. The predicted molar refractivity (Wildman–Crippen MR) is 43.7 cm³/mol. The lowest BCUT2D eigenvalue weighted by molar-refractivity contribution is -0.160. The molecule has 1 aliphatic rings. The van der Waals surface area contributed by atoms with Crippen LogP contribution in [-0.4, -0.2) is 33.8 Å². The molecule has 0 radical (unpaired) electrons. The highest BCUT2D eigenvalue weighted by atomic mass is 16.6. The number of imide groups is 1. The van der Waals surface area contributed by atoms with Gasteiger partial charge < -0.3 is 9.84 Å². The van der Waals surface area contributed by atoms with Gasteiger partial charge in [0.05, 0.1) is 6.42 Å². The summed E-state index contributed by atoms with van der Waals surface area (Å²) in [6.45, 7) is 5.09. The van der Waals surface area contributed by atoms with Gasteiger partial charge >= 0.3 is 6.09 Å². The summed E-state index contributed by atoms with van der Waals surface area (Å²) in [4.78, 5) is 22.7. The topological polar surface area (TPSA) is 66.8 Å². The molecular weight excluding hydrogens is 174 g/mol. The number of nitrogens with zero attached hydrogens (tertiary/aromatic N) is 1. The van der Waals surface area contributed by atoms with E-state index in [1.54, 1.807) is 20.8 Å². The zero-order chi connectivity index (χ0) is 10.2. The Bertz CT molecular complexity index is 243. The first kappa shape index (κ1) is 9.98. The van der Waals surface area contributed by atoms with Crippen molar-refractivity contribution in [1.29, 1.82) is 0 Å². The van der Waals surface area contributed by atoms with E-state index in [-0.39, 0.29) is 6.42 Å². The first-order valence-corrected chi connectivity index (χ1v) is 4.04. The van der Waals surface area contributed by atoms with Gasteiger partial charge in [-0.2, -0.15) is 0 Å². The molecule has 0 spiro atoms. The van der Waals surface area contributed by atoms with Crippen LogP contribution in [0.3, 0.4) is 0 Å². The maximum absolute atomic E-state index is 11.2. The molecule has 1 unspecified atom stereocenters. The fraction of sp³-hybridized carbons (Fsp3) is 0.750. The molecule has 0 aromatic carbocycles. The molecule has 5 heteroatoms. The number of hydrogen-bond donors (Lipinski definition) is 1. The Kier molecular flexibility index (Phi) is 2.30. The third-order valence-electron chi connectivity index (χ3n) is 1.51. The Hall–Kier alpha value is -1.10. The second-order valence-corrected chi connectivity index (χ2v) is 3.93. The highest BCUT2D eigenvalue weighted by Crippen LogP contribution is 2.20. The predicted octanol–water partition coefficient (Wildman–Crippen LogP) is 0.472. The minimum absolute atomic E-state index is 0.000751. The van der Waals surface area contributed by atoms with E-state index >= 15 is 0 Å². The molecule has 1 rings (SSSR count). The fourth-order valence-electron chi connectivity index (χ4n) is 0.934. The Labute approximate surface area is 76.3 Å². The van der Waals surface area contributed by atoms with Crippen LogP contribution < -0.4 is 0 Å². The number of amides is 2. The van der Waals surface area contributed by atoms with Crippen molar-refractivity contribution in [3.8, 4) is 0 Å². The summed E-state index contributed by atoms with van der Waals surface area (Å²) in [6.07, 6.45) is -1.79. The molecule has 5 nitrogen and oxygen atoms in total. The van der Waals surface area contributed by atoms with Gasteiger partial charge in [-0.1, -0.05) is 0 Å². The normalized spacial score (nSPS) is 22.6. The molecule has 0 aromatic rings. The van der Waals surface area contributed by atoms with E-state index in [0.29, 0.717) is 4.90 Å². The average Bonchev–Trinajstić information content (AvgIpc) is 1.80. The number of β-lactam (4-membered cyclic amide) rings is 1. The summed E-state index contributed by atoms with van der Waals surface area (Å²) in [5, 5.41) is 9.05. The molecule has 1 atom stereocenters. The van der Waals surface area contributed by atoms with E-state index in [1.807, 2.05) is 0 Å². The van der Waals surface area contributed by atoms with E-state index in [1.165, 1.54) is 0 Å². The molecule has 74 valence electrons. The Morgan fingerprint density at radius 2 is 2.15 bits per heavy atom. The van der Waals surface area contributed by atoms with Crippen LogP contribution in [0.1, 0.15) is 27.2 Å². The van der Waals surface area contributed by atoms with Crippen molar-refractivity contribution in [3.05, 3.63) is 0 Å². The van der Waals surface area contributed by atoms with Crippen LogP contribution in [0, 0.1) is 0 Å². The molecule has 1 aliphatic heterocycles. The standard InChI is InChI=1S/C8H13NO4/c1-8(2,3)13-7(12)9-5(10)4-6(9)11/h5,10H,4H2,1-3H3. The van der Waals surface area contributed by atoms with Crippen LogP contribution in [0.4, 0.5) is 4.79 Å².